The van der Waals surface area contributed by atoms with Crippen LogP contribution in [0.5, 0.6) is 0 Å². The number of carbonyl (C=O) groups is 2. The summed E-state index contributed by atoms with van der Waals surface area (Å²) in [6.45, 7) is 3.23. The number of nitrogens with one attached hydrogen (secondary N) is 2. The maximum Gasteiger partial charge on any atom is 0.242 e. The maximum absolute atomic E-state index is 12.7. The number of H-pyrrole nitrogens is 1. The zero-order chi connectivity index (χ0) is 19.8. The molecule has 6 rings (SSSR count). The van der Waals surface area contributed by atoms with Gasteiger partial charge in [0, 0.05) is 50.4 Å². The zero-order valence-electron chi connectivity index (χ0n) is 17.2. The Morgan fingerprint density at radius 1 is 0.966 bits per heavy atom. The van der Waals surface area contributed by atoms with E-state index in [2.05, 4.69) is 27.3 Å². The molecule has 4 saturated carbocycles. The molecule has 1 saturated heterocycles. The van der Waals surface area contributed by atoms with Crippen LogP contribution in [0.25, 0.3) is 0 Å². The number of hydrogen-bond acceptors (Lipinski definition) is 3. The Bertz CT molecular complexity index is 722. The highest BCUT2D eigenvalue weighted by atomic mass is 16.2. The second-order valence-corrected chi connectivity index (χ2v) is 10.00. The molecule has 1 aromatic heterocycles. The standard InChI is InChI=1S/C23H32N4O2/c28-21(15-23-12-17-9-18(13-23)11-19(10-17)14-23)25-16-22(29)27-7-5-26(6-8-27)20-1-3-24-4-2-20/h1-4,17-19H,5-16H2,(H,25,28)/p+1. The molecule has 2 heterocycles. The third-order valence-corrected chi connectivity index (χ3v) is 7.84. The molecule has 0 unspecified atom stereocenters. The number of nitrogens with zero attached hydrogens (tertiary/aromatic N) is 2. The number of aromatic nitrogens is 1. The first kappa shape index (κ1) is 18.9. The summed E-state index contributed by atoms with van der Waals surface area (Å²) in [5, 5.41) is 2.95. The number of piperazine rings is 1. The molecule has 1 aromatic rings. The minimum atomic E-state index is 0.0462. The SMILES string of the molecule is O=C(CC12CC3CC(CC(C3)C1)C2)NCC(=O)N1CCN(c2cc[nH+]cc2)CC1. The second kappa shape index (κ2) is 7.62. The minimum Gasteiger partial charge on any atom is -0.368 e. The molecule has 0 spiro atoms. The van der Waals surface area contributed by atoms with Crippen LogP contribution in [0.3, 0.4) is 0 Å². The van der Waals surface area contributed by atoms with E-state index in [9.17, 15) is 9.59 Å². The lowest BCUT2D eigenvalue weighted by Gasteiger charge is -2.56. The van der Waals surface area contributed by atoms with Gasteiger partial charge in [-0.1, -0.05) is 0 Å². The van der Waals surface area contributed by atoms with Gasteiger partial charge in [-0.25, -0.2) is 4.98 Å². The van der Waals surface area contributed by atoms with Gasteiger partial charge >= 0.3 is 0 Å². The van der Waals surface area contributed by atoms with Crippen LogP contribution in [0.15, 0.2) is 24.5 Å². The zero-order valence-corrected chi connectivity index (χ0v) is 17.2. The van der Waals surface area contributed by atoms with E-state index in [1.54, 1.807) is 0 Å². The molecule has 5 fully saturated rings. The van der Waals surface area contributed by atoms with Crippen LogP contribution < -0.4 is 15.2 Å². The van der Waals surface area contributed by atoms with Gasteiger partial charge in [-0.05, 0) is 61.7 Å². The number of rotatable bonds is 5. The van der Waals surface area contributed by atoms with Crippen LogP contribution in [-0.4, -0.2) is 49.4 Å². The molecule has 1 aliphatic heterocycles. The smallest absolute Gasteiger partial charge is 0.242 e. The molecule has 0 atom stereocenters. The Morgan fingerprint density at radius 2 is 1.55 bits per heavy atom. The van der Waals surface area contributed by atoms with Gasteiger partial charge in [0.25, 0.3) is 0 Å². The molecular formula is C23H33N4O2+. The van der Waals surface area contributed by atoms with Crippen molar-refractivity contribution >= 4 is 17.5 Å². The van der Waals surface area contributed by atoms with Gasteiger partial charge in [0.05, 0.1) is 6.54 Å². The van der Waals surface area contributed by atoms with Crippen molar-refractivity contribution < 1.29 is 14.6 Å². The number of anilines is 1. The van der Waals surface area contributed by atoms with Crippen LogP contribution in [0.4, 0.5) is 5.69 Å². The molecular weight excluding hydrogens is 364 g/mol. The molecule has 0 radical (unpaired) electrons. The van der Waals surface area contributed by atoms with Crippen molar-refractivity contribution in [3.63, 3.8) is 0 Å². The summed E-state index contributed by atoms with van der Waals surface area (Å²) in [5.41, 5.74) is 1.42. The predicted octanol–water partition coefficient (Wildman–Crippen LogP) is 1.87. The van der Waals surface area contributed by atoms with Gasteiger partial charge < -0.3 is 15.1 Å². The van der Waals surface area contributed by atoms with E-state index in [1.807, 2.05) is 17.3 Å². The Kier molecular flexibility index (Phi) is 4.96. The van der Waals surface area contributed by atoms with E-state index in [-0.39, 0.29) is 23.8 Å². The molecule has 156 valence electrons. The lowest BCUT2D eigenvalue weighted by atomic mass is 9.49. The van der Waals surface area contributed by atoms with Crippen molar-refractivity contribution in [1.29, 1.82) is 0 Å². The fraction of sp³-hybridized carbons (Fsp3) is 0.696. The van der Waals surface area contributed by atoms with E-state index >= 15 is 0 Å². The minimum absolute atomic E-state index is 0.0462. The van der Waals surface area contributed by atoms with E-state index in [0.717, 1.165) is 30.8 Å². The van der Waals surface area contributed by atoms with Crippen molar-refractivity contribution in [2.75, 3.05) is 37.6 Å². The largest absolute Gasteiger partial charge is 0.368 e. The summed E-state index contributed by atoms with van der Waals surface area (Å²) >= 11 is 0. The average Bonchev–Trinajstić information content (AvgIpc) is 2.71. The van der Waals surface area contributed by atoms with Gasteiger partial charge in [-0.15, -0.1) is 0 Å². The van der Waals surface area contributed by atoms with Gasteiger partial charge in [-0.3, -0.25) is 9.59 Å². The summed E-state index contributed by atoms with van der Waals surface area (Å²) in [6, 6.07) is 4.12. The summed E-state index contributed by atoms with van der Waals surface area (Å²) < 4.78 is 0. The molecule has 29 heavy (non-hydrogen) atoms. The third-order valence-electron chi connectivity index (χ3n) is 7.84. The third kappa shape index (κ3) is 3.99. The Labute approximate surface area is 173 Å². The maximum atomic E-state index is 12.7. The number of amides is 2. The highest BCUT2D eigenvalue weighted by Gasteiger charge is 2.51. The Morgan fingerprint density at radius 3 is 2.14 bits per heavy atom. The first-order chi connectivity index (χ1) is 14.1. The number of carbonyl (C=O) groups excluding carboxylic acids is 2. The van der Waals surface area contributed by atoms with Crippen LogP contribution in [0.1, 0.15) is 44.9 Å². The Hall–Kier alpha value is -2.11. The number of aromatic amines is 1. The van der Waals surface area contributed by atoms with Gasteiger partial charge in [0.15, 0.2) is 12.4 Å². The van der Waals surface area contributed by atoms with Crippen LogP contribution in [-0.2, 0) is 9.59 Å². The molecule has 4 aliphatic carbocycles. The van der Waals surface area contributed by atoms with E-state index in [4.69, 9.17) is 0 Å². The molecule has 2 N–H and O–H groups in total. The summed E-state index contributed by atoms with van der Waals surface area (Å²) in [6.07, 6.45) is 12.4. The van der Waals surface area contributed by atoms with E-state index in [1.165, 1.54) is 44.2 Å². The predicted molar refractivity (Wildman–Crippen MR) is 110 cm³/mol. The fourth-order valence-corrected chi connectivity index (χ4v) is 7.00. The monoisotopic (exact) mass is 397 g/mol. The van der Waals surface area contributed by atoms with E-state index < -0.39 is 0 Å². The summed E-state index contributed by atoms with van der Waals surface area (Å²) in [4.78, 5) is 32.5. The normalized spacial score (nSPS) is 33.0. The molecule has 5 aliphatic rings. The summed E-state index contributed by atoms with van der Waals surface area (Å²) in [7, 11) is 0. The second-order valence-electron chi connectivity index (χ2n) is 10.00. The quantitative estimate of drug-likeness (QED) is 0.825. The Balaban J connectivity index is 1.08. The molecule has 2 amide bonds. The fourth-order valence-electron chi connectivity index (χ4n) is 7.00. The lowest BCUT2D eigenvalue weighted by Crippen LogP contribution is -2.52. The first-order valence-corrected chi connectivity index (χ1v) is 11.3. The number of hydrogen-bond donors (Lipinski definition) is 1. The van der Waals surface area contributed by atoms with Crippen molar-refractivity contribution in [2.24, 2.45) is 23.2 Å². The van der Waals surface area contributed by atoms with E-state index in [0.29, 0.717) is 19.5 Å². The van der Waals surface area contributed by atoms with Crippen molar-refractivity contribution in [3.05, 3.63) is 24.5 Å². The van der Waals surface area contributed by atoms with Gasteiger partial charge in [-0.2, -0.15) is 0 Å². The molecule has 6 nitrogen and oxygen atoms in total. The lowest BCUT2D eigenvalue weighted by molar-refractivity contribution is -0.377. The molecule has 4 bridgehead atoms. The first-order valence-electron chi connectivity index (χ1n) is 11.3. The van der Waals surface area contributed by atoms with Crippen molar-refractivity contribution in [1.82, 2.24) is 10.2 Å². The van der Waals surface area contributed by atoms with Crippen LogP contribution >= 0.6 is 0 Å². The number of pyridine rings is 1. The van der Waals surface area contributed by atoms with Crippen molar-refractivity contribution in [2.45, 2.75) is 44.9 Å². The topological polar surface area (TPSA) is 66.8 Å². The van der Waals surface area contributed by atoms with Crippen molar-refractivity contribution in [3.8, 4) is 0 Å². The average molecular weight is 398 g/mol. The van der Waals surface area contributed by atoms with Crippen LogP contribution in [0.2, 0.25) is 0 Å². The molecule has 6 heteroatoms. The highest BCUT2D eigenvalue weighted by molar-refractivity contribution is 5.85. The molecule has 0 aromatic carbocycles. The van der Waals surface area contributed by atoms with Crippen LogP contribution in [0, 0.1) is 23.2 Å². The van der Waals surface area contributed by atoms with Gasteiger partial charge in [0.2, 0.25) is 11.8 Å². The van der Waals surface area contributed by atoms with Gasteiger partial charge in [0.1, 0.15) is 0 Å². The highest BCUT2D eigenvalue weighted by Crippen LogP contribution is 2.61. The summed E-state index contributed by atoms with van der Waals surface area (Å²) in [5.74, 6) is 2.70.